The van der Waals surface area contributed by atoms with E-state index in [2.05, 4.69) is 26.2 Å². The van der Waals surface area contributed by atoms with Gasteiger partial charge in [-0.05, 0) is 60.7 Å². The van der Waals surface area contributed by atoms with Crippen molar-refractivity contribution < 1.29 is 9.21 Å². The third-order valence-corrected chi connectivity index (χ3v) is 4.99. The summed E-state index contributed by atoms with van der Waals surface area (Å²) in [6.07, 6.45) is 0. The molecule has 0 aliphatic carbocycles. The summed E-state index contributed by atoms with van der Waals surface area (Å²) in [5.74, 6) is 0.189. The first kappa shape index (κ1) is 18.0. The molecule has 0 fully saturated rings. The van der Waals surface area contributed by atoms with Crippen LogP contribution in [0.3, 0.4) is 0 Å². The molecule has 0 atom stereocenters. The average Bonchev–Trinajstić information content (AvgIpc) is 3.05. The van der Waals surface area contributed by atoms with Crippen molar-refractivity contribution in [1.29, 1.82) is 0 Å². The fourth-order valence-electron chi connectivity index (χ4n) is 2.59. The van der Waals surface area contributed by atoms with Crippen LogP contribution in [0, 0.1) is 0 Å². The molecule has 0 spiro atoms. The van der Waals surface area contributed by atoms with Gasteiger partial charge in [-0.2, -0.15) is 0 Å². The number of carbonyl (C=O) groups excluding carboxylic acids is 1. The SMILES string of the molecule is O=C(Nc1ccc2oc(-c3ccc(Br)cc3)nc2c1)c1ccc(Cl)cc1Cl. The lowest BCUT2D eigenvalue weighted by Gasteiger charge is -2.06. The molecule has 0 saturated heterocycles. The number of oxazole rings is 1. The molecule has 0 unspecified atom stereocenters. The van der Waals surface area contributed by atoms with E-state index in [4.69, 9.17) is 27.6 Å². The molecule has 0 aliphatic rings. The zero-order valence-corrected chi connectivity index (χ0v) is 16.8. The summed E-state index contributed by atoms with van der Waals surface area (Å²) in [6, 6.07) is 17.7. The Morgan fingerprint density at radius 1 is 1.00 bits per heavy atom. The second-order valence-electron chi connectivity index (χ2n) is 5.79. The van der Waals surface area contributed by atoms with Crippen LogP contribution in [0.1, 0.15) is 10.4 Å². The fraction of sp³-hybridized carbons (Fsp3) is 0. The van der Waals surface area contributed by atoms with E-state index in [-0.39, 0.29) is 5.91 Å². The number of nitrogens with zero attached hydrogens (tertiary/aromatic N) is 1. The first-order valence-corrected chi connectivity index (χ1v) is 9.47. The van der Waals surface area contributed by atoms with Gasteiger partial charge < -0.3 is 9.73 Å². The van der Waals surface area contributed by atoms with Crippen molar-refractivity contribution in [1.82, 2.24) is 4.98 Å². The van der Waals surface area contributed by atoms with Crippen LogP contribution in [0.15, 0.2) is 69.6 Å². The highest BCUT2D eigenvalue weighted by molar-refractivity contribution is 9.10. The number of aromatic nitrogens is 1. The second-order valence-corrected chi connectivity index (χ2v) is 7.55. The van der Waals surface area contributed by atoms with Gasteiger partial charge >= 0.3 is 0 Å². The van der Waals surface area contributed by atoms with Gasteiger partial charge in [0.2, 0.25) is 5.89 Å². The van der Waals surface area contributed by atoms with Gasteiger partial charge in [0.15, 0.2) is 5.58 Å². The molecule has 7 heteroatoms. The third-order valence-electron chi connectivity index (χ3n) is 3.91. The smallest absolute Gasteiger partial charge is 0.257 e. The summed E-state index contributed by atoms with van der Waals surface area (Å²) in [4.78, 5) is 17.0. The number of benzene rings is 3. The second kappa shape index (κ2) is 7.35. The molecule has 134 valence electrons. The summed E-state index contributed by atoms with van der Waals surface area (Å²) in [6.45, 7) is 0. The zero-order valence-electron chi connectivity index (χ0n) is 13.7. The minimum Gasteiger partial charge on any atom is -0.436 e. The fourth-order valence-corrected chi connectivity index (χ4v) is 3.35. The molecule has 1 aromatic heterocycles. The first-order valence-electron chi connectivity index (χ1n) is 7.92. The maximum absolute atomic E-state index is 12.5. The van der Waals surface area contributed by atoms with Crippen molar-refractivity contribution in [3.63, 3.8) is 0 Å². The molecule has 4 nitrogen and oxygen atoms in total. The standard InChI is InChI=1S/C20H11BrCl2N2O2/c21-12-3-1-11(2-4-12)20-25-17-10-14(6-8-18(17)27-20)24-19(26)15-7-5-13(22)9-16(15)23/h1-10H,(H,24,26). The first-order chi connectivity index (χ1) is 13.0. The highest BCUT2D eigenvalue weighted by atomic mass is 79.9. The summed E-state index contributed by atoms with van der Waals surface area (Å²) >= 11 is 15.4. The van der Waals surface area contributed by atoms with Crippen molar-refractivity contribution in [2.24, 2.45) is 0 Å². The van der Waals surface area contributed by atoms with Crippen molar-refractivity contribution >= 4 is 61.8 Å². The molecule has 0 bridgehead atoms. The predicted molar refractivity (Wildman–Crippen MR) is 112 cm³/mol. The predicted octanol–water partition coefficient (Wildman–Crippen LogP) is 6.82. The highest BCUT2D eigenvalue weighted by Gasteiger charge is 2.13. The van der Waals surface area contributed by atoms with Crippen LogP contribution in [0.2, 0.25) is 10.0 Å². The lowest BCUT2D eigenvalue weighted by atomic mass is 10.2. The molecule has 0 saturated carbocycles. The lowest BCUT2D eigenvalue weighted by Crippen LogP contribution is -2.12. The quantitative estimate of drug-likeness (QED) is 0.364. The lowest BCUT2D eigenvalue weighted by molar-refractivity contribution is 0.102. The molecule has 0 radical (unpaired) electrons. The van der Waals surface area contributed by atoms with E-state index >= 15 is 0 Å². The van der Waals surface area contributed by atoms with Gasteiger partial charge in [-0.15, -0.1) is 0 Å². The van der Waals surface area contributed by atoms with Crippen LogP contribution < -0.4 is 5.32 Å². The Bertz CT molecular complexity index is 1160. The molecule has 0 aliphatic heterocycles. The molecule has 4 aromatic rings. The summed E-state index contributed by atoms with van der Waals surface area (Å²) in [7, 11) is 0. The van der Waals surface area contributed by atoms with Crippen LogP contribution in [0.25, 0.3) is 22.6 Å². The van der Waals surface area contributed by atoms with Crippen LogP contribution in [-0.4, -0.2) is 10.9 Å². The Morgan fingerprint density at radius 3 is 2.52 bits per heavy atom. The molecule has 3 aromatic carbocycles. The highest BCUT2D eigenvalue weighted by Crippen LogP contribution is 2.28. The monoisotopic (exact) mass is 460 g/mol. The number of rotatable bonds is 3. The minimum absolute atomic E-state index is 0.292. The van der Waals surface area contributed by atoms with Gasteiger partial charge in [-0.25, -0.2) is 4.98 Å². The van der Waals surface area contributed by atoms with E-state index in [0.717, 1.165) is 10.0 Å². The summed E-state index contributed by atoms with van der Waals surface area (Å²) in [5.41, 5.74) is 3.09. The van der Waals surface area contributed by atoms with Gasteiger partial charge in [0, 0.05) is 20.7 Å². The maximum atomic E-state index is 12.5. The Balaban J connectivity index is 1.61. The van der Waals surface area contributed by atoms with E-state index in [0.29, 0.717) is 38.3 Å². The van der Waals surface area contributed by atoms with Crippen molar-refractivity contribution in [2.75, 3.05) is 5.32 Å². The number of hydrogen-bond acceptors (Lipinski definition) is 3. The van der Waals surface area contributed by atoms with E-state index in [1.807, 2.05) is 24.3 Å². The molecular weight excluding hydrogens is 451 g/mol. The van der Waals surface area contributed by atoms with Crippen molar-refractivity contribution in [2.45, 2.75) is 0 Å². The molecule has 1 heterocycles. The van der Waals surface area contributed by atoms with Gasteiger partial charge in [0.1, 0.15) is 5.52 Å². The molecule has 1 amide bonds. The number of fused-ring (bicyclic) bond motifs is 1. The largest absolute Gasteiger partial charge is 0.436 e. The van der Waals surface area contributed by atoms with Crippen LogP contribution >= 0.6 is 39.1 Å². The van der Waals surface area contributed by atoms with Crippen molar-refractivity contribution in [3.8, 4) is 11.5 Å². The van der Waals surface area contributed by atoms with Gasteiger partial charge in [0.25, 0.3) is 5.91 Å². The van der Waals surface area contributed by atoms with E-state index < -0.39 is 0 Å². The van der Waals surface area contributed by atoms with Gasteiger partial charge in [0.05, 0.1) is 10.6 Å². The number of amides is 1. The Labute approximate surface area is 173 Å². The summed E-state index contributed by atoms with van der Waals surface area (Å²) < 4.78 is 6.78. The molecule has 1 N–H and O–H groups in total. The topological polar surface area (TPSA) is 55.1 Å². The number of nitrogens with one attached hydrogen (secondary N) is 1. The normalized spacial score (nSPS) is 10.9. The number of halogens is 3. The molecular formula is C20H11BrCl2N2O2. The van der Waals surface area contributed by atoms with E-state index in [9.17, 15) is 4.79 Å². The Morgan fingerprint density at radius 2 is 1.78 bits per heavy atom. The van der Waals surface area contributed by atoms with Crippen molar-refractivity contribution in [3.05, 3.63) is 80.7 Å². The number of carbonyl (C=O) groups is 1. The maximum Gasteiger partial charge on any atom is 0.257 e. The number of hydrogen-bond donors (Lipinski definition) is 1. The van der Waals surface area contributed by atoms with E-state index in [1.54, 1.807) is 30.3 Å². The van der Waals surface area contributed by atoms with Gasteiger partial charge in [-0.3, -0.25) is 4.79 Å². The molecule has 4 rings (SSSR count). The Hall–Kier alpha value is -2.34. The van der Waals surface area contributed by atoms with E-state index in [1.165, 1.54) is 6.07 Å². The average molecular weight is 462 g/mol. The Kier molecular flexibility index (Phi) is 4.91. The van der Waals surface area contributed by atoms with Crippen LogP contribution in [0.4, 0.5) is 5.69 Å². The third kappa shape index (κ3) is 3.86. The summed E-state index contributed by atoms with van der Waals surface area (Å²) in [5, 5.41) is 3.58. The number of anilines is 1. The van der Waals surface area contributed by atoms with Gasteiger partial charge in [-0.1, -0.05) is 39.1 Å². The zero-order chi connectivity index (χ0) is 19.0. The van der Waals surface area contributed by atoms with Crippen LogP contribution in [0.5, 0.6) is 0 Å². The van der Waals surface area contributed by atoms with Crippen LogP contribution in [-0.2, 0) is 0 Å². The minimum atomic E-state index is -0.326. The molecule has 27 heavy (non-hydrogen) atoms.